The van der Waals surface area contributed by atoms with Crippen molar-refractivity contribution in [2.75, 3.05) is 0 Å². The molecule has 26 heavy (non-hydrogen) atoms. The Bertz CT molecular complexity index is 1370. The normalized spacial score (nSPS) is 12.7. The van der Waals surface area contributed by atoms with Crippen LogP contribution >= 0.6 is 0 Å². The van der Waals surface area contributed by atoms with Gasteiger partial charge in [-0.1, -0.05) is 54.6 Å². The van der Waals surface area contributed by atoms with E-state index in [0.717, 1.165) is 28.5 Å². The molecule has 0 N–H and O–H groups in total. The molecule has 3 aromatic carbocycles. The lowest BCUT2D eigenvalue weighted by Crippen LogP contribution is -1.95. The Kier molecular flexibility index (Phi) is 2.63. The molecule has 0 spiro atoms. The molecule has 1 aliphatic rings. The molecule has 1 aliphatic carbocycles. The van der Waals surface area contributed by atoms with Crippen molar-refractivity contribution < 1.29 is 0 Å². The van der Waals surface area contributed by atoms with Gasteiger partial charge in [-0.25, -0.2) is 0 Å². The fourth-order valence-electron chi connectivity index (χ4n) is 4.47. The molecule has 0 saturated heterocycles. The molecule has 0 aliphatic heterocycles. The fourth-order valence-corrected chi connectivity index (χ4v) is 4.47. The molecule has 5 aromatic rings. The van der Waals surface area contributed by atoms with Crippen LogP contribution in [0.4, 0.5) is 0 Å². The summed E-state index contributed by atoms with van der Waals surface area (Å²) in [6, 6.07) is 21.7. The minimum absolute atomic E-state index is 0.963. The van der Waals surface area contributed by atoms with E-state index in [2.05, 4.69) is 66.5 Å². The monoisotopic (exact) mass is 332 g/mol. The van der Waals surface area contributed by atoms with Gasteiger partial charge in [-0.15, -0.1) is 0 Å². The molecule has 122 valence electrons. The number of nitrogens with zero attached hydrogens (tertiary/aromatic N) is 2. The van der Waals surface area contributed by atoms with E-state index in [-0.39, 0.29) is 0 Å². The topological polar surface area (TPSA) is 25.8 Å². The van der Waals surface area contributed by atoms with Crippen LogP contribution in [-0.2, 0) is 6.42 Å². The maximum atomic E-state index is 4.98. The highest BCUT2D eigenvalue weighted by Crippen LogP contribution is 2.46. The van der Waals surface area contributed by atoms with Crippen LogP contribution in [0.25, 0.3) is 43.7 Å². The van der Waals surface area contributed by atoms with E-state index < -0.39 is 0 Å². The third kappa shape index (κ3) is 1.71. The van der Waals surface area contributed by atoms with Crippen molar-refractivity contribution in [2.45, 2.75) is 13.3 Å². The summed E-state index contributed by atoms with van der Waals surface area (Å²) in [5, 5.41) is 4.98. The van der Waals surface area contributed by atoms with Gasteiger partial charge in [0.05, 0.1) is 11.0 Å². The second-order valence-corrected chi connectivity index (χ2v) is 7.09. The molecular formula is C24H16N2. The number of rotatable bonds is 0. The molecule has 2 nitrogen and oxygen atoms in total. The van der Waals surface area contributed by atoms with Gasteiger partial charge in [0, 0.05) is 29.1 Å². The molecule has 2 aromatic heterocycles. The summed E-state index contributed by atoms with van der Waals surface area (Å²) in [6.07, 6.45) is 2.82. The van der Waals surface area contributed by atoms with Crippen LogP contribution in [0.15, 0.2) is 66.9 Å². The van der Waals surface area contributed by atoms with Crippen LogP contribution in [0.2, 0.25) is 0 Å². The minimum Gasteiger partial charge on any atom is -0.254 e. The predicted molar refractivity (Wildman–Crippen MR) is 108 cm³/mol. The van der Waals surface area contributed by atoms with Gasteiger partial charge in [0.2, 0.25) is 0 Å². The summed E-state index contributed by atoms with van der Waals surface area (Å²) in [6.45, 7) is 2.13. The van der Waals surface area contributed by atoms with Crippen molar-refractivity contribution in [3.05, 3.63) is 83.7 Å². The second kappa shape index (κ2) is 4.89. The Morgan fingerprint density at radius 1 is 0.731 bits per heavy atom. The quantitative estimate of drug-likeness (QED) is 0.328. The first-order chi connectivity index (χ1) is 12.8. The summed E-state index contributed by atoms with van der Waals surface area (Å²) in [5.41, 5.74) is 8.61. The van der Waals surface area contributed by atoms with Crippen LogP contribution in [0.5, 0.6) is 0 Å². The third-order valence-corrected chi connectivity index (χ3v) is 5.67. The molecule has 2 heteroatoms. The summed E-state index contributed by atoms with van der Waals surface area (Å²) < 4.78 is 0. The molecule has 0 fully saturated rings. The van der Waals surface area contributed by atoms with Gasteiger partial charge in [0.1, 0.15) is 0 Å². The predicted octanol–water partition coefficient (Wildman–Crippen LogP) is 5.82. The lowest BCUT2D eigenvalue weighted by Gasteiger charge is -2.12. The number of hydrogen-bond donors (Lipinski definition) is 0. The maximum Gasteiger partial charge on any atom is 0.0974 e. The number of hydrogen-bond acceptors (Lipinski definition) is 2. The standard InChI is InChI=1S/C24H16N2/c1-14-20-13-17-9-8-15-5-2-3-7-18(15)21(17)22(20)19-11-10-16-6-4-12-25-23(16)24(19)26-14/h2-12H,13H2,1H3. The number of benzene rings is 3. The first-order valence-electron chi connectivity index (χ1n) is 8.99. The van der Waals surface area contributed by atoms with Gasteiger partial charge in [-0.3, -0.25) is 9.97 Å². The SMILES string of the molecule is Cc1nc2c(ccc3cccnc32)c2c1Cc1ccc3ccccc3c1-2. The lowest BCUT2D eigenvalue weighted by molar-refractivity contribution is 1.14. The number of aromatic nitrogens is 2. The van der Waals surface area contributed by atoms with E-state index in [1.54, 1.807) is 0 Å². The smallest absolute Gasteiger partial charge is 0.0974 e. The average Bonchev–Trinajstić information content (AvgIpc) is 3.09. The summed E-state index contributed by atoms with van der Waals surface area (Å²) >= 11 is 0. The molecule has 0 saturated carbocycles. The first-order valence-corrected chi connectivity index (χ1v) is 8.99. The first kappa shape index (κ1) is 14.0. The van der Waals surface area contributed by atoms with E-state index in [1.807, 2.05) is 12.3 Å². The Morgan fingerprint density at radius 3 is 2.54 bits per heavy atom. The van der Waals surface area contributed by atoms with Gasteiger partial charge < -0.3 is 0 Å². The van der Waals surface area contributed by atoms with Crippen molar-refractivity contribution in [3.8, 4) is 11.1 Å². The highest BCUT2D eigenvalue weighted by molar-refractivity contribution is 6.14. The highest BCUT2D eigenvalue weighted by atomic mass is 14.8. The maximum absolute atomic E-state index is 4.98. The van der Waals surface area contributed by atoms with Crippen LogP contribution in [0, 0.1) is 6.92 Å². The van der Waals surface area contributed by atoms with Crippen molar-refractivity contribution in [2.24, 2.45) is 0 Å². The Hall–Kier alpha value is -3.26. The number of fused-ring (bicyclic) bond motifs is 9. The van der Waals surface area contributed by atoms with Crippen molar-refractivity contribution in [1.29, 1.82) is 0 Å². The van der Waals surface area contributed by atoms with Gasteiger partial charge >= 0.3 is 0 Å². The second-order valence-electron chi connectivity index (χ2n) is 7.09. The van der Waals surface area contributed by atoms with Crippen LogP contribution in [0.1, 0.15) is 16.8 Å². The van der Waals surface area contributed by atoms with Gasteiger partial charge in [0.15, 0.2) is 0 Å². The van der Waals surface area contributed by atoms with E-state index in [9.17, 15) is 0 Å². The summed E-state index contributed by atoms with van der Waals surface area (Å²) in [7, 11) is 0. The Balaban J connectivity index is 1.85. The van der Waals surface area contributed by atoms with Crippen molar-refractivity contribution in [1.82, 2.24) is 9.97 Å². The zero-order valence-electron chi connectivity index (χ0n) is 14.5. The fraction of sp³-hybridized carbons (Fsp3) is 0.0833. The average molecular weight is 332 g/mol. The zero-order chi connectivity index (χ0) is 17.3. The summed E-state index contributed by atoms with van der Waals surface area (Å²) in [5.74, 6) is 0. The van der Waals surface area contributed by atoms with Crippen molar-refractivity contribution in [3.63, 3.8) is 0 Å². The Labute approximate surface area is 151 Å². The number of aryl methyl sites for hydroxylation is 1. The summed E-state index contributed by atoms with van der Waals surface area (Å²) in [4.78, 5) is 9.61. The van der Waals surface area contributed by atoms with E-state index in [1.165, 1.54) is 38.4 Å². The van der Waals surface area contributed by atoms with Gasteiger partial charge in [-0.2, -0.15) is 0 Å². The van der Waals surface area contributed by atoms with E-state index in [4.69, 9.17) is 4.98 Å². The minimum atomic E-state index is 0.963. The van der Waals surface area contributed by atoms with E-state index in [0.29, 0.717) is 0 Å². The van der Waals surface area contributed by atoms with Crippen molar-refractivity contribution >= 4 is 32.6 Å². The largest absolute Gasteiger partial charge is 0.254 e. The Morgan fingerprint density at radius 2 is 1.58 bits per heavy atom. The highest BCUT2D eigenvalue weighted by Gasteiger charge is 2.26. The molecule has 0 unspecified atom stereocenters. The van der Waals surface area contributed by atoms with Gasteiger partial charge in [-0.05, 0) is 46.0 Å². The molecule has 0 atom stereocenters. The molecule has 0 amide bonds. The lowest BCUT2D eigenvalue weighted by atomic mass is 9.94. The molecule has 0 radical (unpaired) electrons. The van der Waals surface area contributed by atoms with Crippen LogP contribution in [-0.4, -0.2) is 9.97 Å². The van der Waals surface area contributed by atoms with Gasteiger partial charge in [0.25, 0.3) is 0 Å². The molecule has 2 heterocycles. The van der Waals surface area contributed by atoms with E-state index >= 15 is 0 Å². The number of pyridine rings is 2. The third-order valence-electron chi connectivity index (χ3n) is 5.67. The molecule has 6 rings (SSSR count). The molecule has 0 bridgehead atoms. The van der Waals surface area contributed by atoms with Crippen LogP contribution < -0.4 is 0 Å². The zero-order valence-corrected chi connectivity index (χ0v) is 14.5. The van der Waals surface area contributed by atoms with Crippen LogP contribution in [0.3, 0.4) is 0 Å². The molecular weight excluding hydrogens is 316 g/mol.